The van der Waals surface area contributed by atoms with Crippen LogP contribution in [-0.2, 0) is 15.0 Å². The molecule has 5 nitrogen and oxygen atoms in total. The molecule has 1 amide bonds. The molecule has 1 fully saturated rings. The minimum absolute atomic E-state index is 0.204. The number of amides is 1. The largest absolute Gasteiger partial charge is 0.303 e. The van der Waals surface area contributed by atoms with Gasteiger partial charge in [-0.1, -0.05) is 20.8 Å². The van der Waals surface area contributed by atoms with Gasteiger partial charge in [-0.25, -0.2) is 4.72 Å². The molecule has 1 saturated heterocycles. The lowest BCUT2D eigenvalue weighted by Crippen LogP contribution is -2.42. The van der Waals surface area contributed by atoms with E-state index in [9.17, 15) is 13.2 Å². The molecule has 0 unspecified atom stereocenters. The van der Waals surface area contributed by atoms with E-state index < -0.39 is 16.1 Å². The smallest absolute Gasteiger partial charge is 0.274 e. The van der Waals surface area contributed by atoms with Gasteiger partial charge in [0.05, 0.1) is 0 Å². The zero-order valence-electron chi connectivity index (χ0n) is 10.1. The molecule has 0 radical (unpaired) electrons. The monoisotopic (exact) mass is 248 g/mol. The van der Waals surface area contributed by atoms with Crippen LogP contribution in [0, 0.1) is 5.41 Å². The number of carbonyl (C=O) groups is 1. The summed E-state index contributed by atoms with van der Waals surface area (Å²) in [6, 6.07) is 0. The fourth-order valence-electron chi connectivity index (χ4n) is 1.65. The zero-order chi connectivity index (χ0) is 12.4. The summed E-state index contributed by atoms with van der Waals surface area (Å²) >= 11 is 0. The molecule has 0 aliphatic carbocycles. The van der Waals surface area contributed by atoms with E-state index in [-0.39, 0.29) is 11.8 Å². The Kier molecular flexibility index (Phi) is 3.96. The molecular formula is C10H20N2O3S. The van der Waals surface area contributed by atoms with E-state index in [1.165, 1.54) is 4.31 Å². The van der Waals surface area contributed by atoms with E-state index in [1.54, 1.807) is 0 Å². The van der Waals surface area contributed by atoms with Crippen molar-refractivity contribution in [3.05, 3.63) is 0 Å². The summed E-state index contributed by atoms with van der Waals surface area (Å²) in [5.74, 6) is -0.431. The third-order valence-electron chi connectivity index (χ3n) is 2.34. The van der Waals surface area contributed by atoms with Gasteiger partial charge in [0.1, 0.15) is 0 Å². The molecular weight excluding hydrogens is 228 g/mol. The molecule has 1 N–H and O–H groups in total. The van der Waals surface area contributed by atoms with Crippen LogP contribution in [-0.4, -0.2) is 31.7 Å². The normalized spacial score (nSPS) is 18.7. The number of nitrogens with one attached hydrogen (secondary N) is 1. The quantitative estimate of drug-likeness (QED) is 0.806. The van der Waals surface area contributed by atoms with Crippen molar-refractivity contribution in [1.82, 2.24) is 9.03 Å². The number of carbonyl (C=O) groups excluding carboxylic acids is 1. The van der Waals surface area contributed by atoms with Crippen LogP contribution in [0.2, 0.25) is 0 Å². The molecule has 0 aromatic rings. The molecule has 0 bridgehead atoms. The van der Waals surface area contributed by atoms with Crippen LogP contribution in [0.3, 0.4) is 0 Å². The Balaban J connectivity index is 2.56. The van der Waals surface area contributed by atoms with Crippen LogP contribution in [0.1, 0.15) is 40.0 Å². The fourth-order valence-corrected chi connectivity index (χ4v) is 2.88. The highest BCUT2D eigenvalue weighted by Gasteiger charge is 2.28. The van der Waals surface area contributed by atoms with Crippen molar-refractivity contribution in [3.8, 4) is 0 Å². The first-order chi connectivity index (χ1) is 7.21. The van der Waals surface area contributed by atoms with Crippen molar-refractivity contribution in [2.24, 2.45) is 5.41 Å². The second kappa shape index (κ2) is 4.71. The van der Waals surface area contributed by atoms with Gasteiger partial charge < -0.3 is 0 Å². The number of rotatable bonds is 3. The van der Waals surface area contributed by atoms with Crippen molar-refractivity contribution in [3.63, 3.8) is 0 Å². The third kappa shape index (κ3) is 4.09. The maximum atomic E-state index is 11.7. The summed E-state index contributed by atoms with van der Waals surface area (Å²) in [5, 5.41) is 0. The summed E-state index contributed by atoms with van der Waals surface area (Å²) in [4.78, 5) is 11.5. The molecule has 1 heterocycles. The third-order valence-corrected chi connectivity index (χ3v) is 3.87. The van der Waals surface area contributed by atoms with Gasteiger partial charge in [-0.15, -0.1) is 0 Å². The number of hydrogen-bond acceptors (Lipinski definition) is 3. The van der Waals surface area contributed by atoms with Crippen molar-refractivity contribution < 1.29 is 13.2 Å². The highest BCUT2D eigenvalue weighted by molar-refractivity contribution is 7.87. The van der Waals surface area contributed by atoms with Gasteiger partial charge in [-0.2, -0.15) is 12.7 Å². The predicted octanol–water partition coefficient (Wildman–Crippen LogP) is 0.879. The maximum Gasteiger partial charge on any atom is 0.303 e. The van der Waals surface area contributed by atoms with Crippen LogP contribution in [0.5, 0.6) is 0 Å². The van der Waals surface area contributed by atoms with E-state index in [0.717, 1.165) is 12.8 Å². The Morgan fingerprint density at radius 1 is 1.25 bits per heavy atom. The molecule has 1 aliphatic rings. The summed E-state index contributed by atoms with van der Waals surface area (Å²) in [6.07, 6.45) is 1.95. The average Bonchev–Trinajstić information content (AvgIpc) is 2.49. The Bertz CT molecular complexity index is 351. The van der Waals surface area contributed by atoms with E-state index in [1.807, 2.05) is 20.8 Å². The summed E-state index contributed by atoms with van der Waals surface area (Å²) in [6.45, 7) is 6.72. The molecule has 94 valence electrons. The summed E-state index contributed by atoms with van der Waals surface area (Å²) in [7, 11) is -3.60. The van der Waals surface area contributed by atoms with Gasteiger partial charge in [-0.3, -0.25) is 4.79 Å². The Hall–Kier alpha value is -0.620. The Morgan fingerprint density at radius 3 is 2.19 bits per heavy atom. The second-order valence-electron chi connectivity index (χ2n) is 5.37. The first kappa shape index (κ1) is 13.4. The molecule has 1 rings (SSSR count). The summed E-state index contributed by atoms with van der Waals surface area (Å²) < 4.78 is 26.9. The Morgan fingerprint density at radius 2 is 1.75 bits per heavy atom. The van der Waals surface area contributed by atoms with Crippen molar-refractivity contribution in [1.29, 1.82) is 0 Å². The van der Waals surface area contributed by atoms with Gasteiger partial charge >= 0.3 is 10.2 Å². The average molecular weight is 248 g/mol. The number of hydrogen-bond donors (Lipinski definition) is 1. The number of nitrogens with zero attached hydrogens (tertiary/aromatic N) is 1. The van der Waals surface area contributed by atoms with Crippen LogP contribution in [0.15, 0.2) is 0 Å². The minimum atomic E-state index is -3.60. The Labute approximate surface area is 97.4 Å². The SMILES string of the molecule is CC(C)(C)CC(=O)NS(=O)(=O)N1CCCC1. The van der Waals surface area contributed by atoms with Crippen molar-refractivity contribution in [2.45, 2.75) is 40.0 Å². The van der Waals surface area contributed by atoms with Gasteiger partial charge in [0.15, 0.2) is 0 Å². The lowest BCUT2D eigenvalue weighted by Gasteiger charge is -2.20. The molecule has 0 spiro atoms. The topological polar surface area (TPSA) is 66.5 Å². The molecule has 0 aromatic carbocycles. The van der Waals surface area contributed by atoms with E-state index in [2.05, 4.69) is 4.72 Å². The van der Waals surface area contributed by atoms with Crippen LogP contribution >= 0.6 is 0 Å². The predicted molar refractivity (Wildman–Crippen MR) is 61.9 cm³/mol. The molecule has 0 aromatic heterocycles. The standard InChI is InChI=1S/C10H20N2O3S/c1-10(2,3)8-9(13)11-16(14,15)12-6-4-5-7-12/h4-8H2,1-3H3,(H,11,13). The van der Waals surface area contributed by atoms with Crippen LogP contribution < -0.4 is 4.72 Å². The molecule has 6 heteroatoms. The van der Waals surface area contributed by atoms with Gasteiger partial charge in [0, 0.05) is 19.5 Å². The molecule has 0 atom stereocenters. The first-order valence-corrected chi connectivity index (χ1v) is 6.95. The van der Waals surface area contributed by atoms with Gasteiger partial charge in [0.25, 0.3) is 0 Å². The van der Waals surface area contributed by atoms with E-state index in [4.69, 9.17) is 0 Å². The maximum absolute atomic E-state index is 11.7. The van der Waals surface area contributed by atoms with Crippen molar-refractivity contribution >= 4 is 16.1 Å². The second-order valence-corrected chi connectivity index (χ2v) is 7.04. The fraction of sp³-hybridized carbons (Fsp3) is 0.900. The van der Waals surface area contributed by atoms with Crippen molar-refractivity contribution in [2.75, 3.05) is 13.1 Å². The van der Waals surface area contributed by atoms with Crippen LogP contribution in [0.4, 0.5) is 0 Å². The van der Waals surface area contributed by atoms with Crippen LogP contribution in [0.25, 0.3) is 0 Å². The van der Waals surface area contributed by atoms with E-state index in [0.29, 0.717) is 13.1 Å². The van der Waals surface area contributed by atoms with E-state index >= 15 is 0 Å². The molecule has 16 heavy (non-hydrogen) atoms. The van der Waals surface area contributed by atoms with Gasteiger partial charge in [-0.05, 0) is 18.3 Å². The zero-order valence-corrected chi connectivity index (χ0v) is 10.9. The highest BCUT2D eigenvalue weighted by Crippen LogP contribution is 2.18. The lowest BCUT2D eigenvalue weighted by atomic mass is 9.92. The van der Waals surface area contributed by atoms with Gasteiger partial charge in [0.2, 0.25) is 5.91 Å². The highest BCUT2D eigenvalue weighted by atomic mass is 32.2. The summed E-state index contributed by atoms with van der Waals surface area (Å²) in [5.41, 5.74) is -0.204. The molecule has 1 aliphatic heterocycles. The molecule has 0 saturated carbocycles. The minimum Gasteiger partial charge on any atom is -0.274 e. The lowest BCUT2D eigenvalue weighted by molar-refractivity contribution is -0.121. The first-order valence-electron chi connectivity index (χ1n) is 5.51.